The minimum Gasteiger partial charge on any atom is -0.388 e. The number of aliphatic imine (C=N–C) groups is 1. The van der Waals surface area contributed by atoms with Crippen molar-refractivity contribution >= 4 is 5.84 Å². The third-order valence-corrected chi connectivity index (χ3v) is 3.55. The molecule has 0 fully saturated rings. The number of rotatable bonds is 4. The molecule has 0 saturated carbocycles. The van der Waals surface area contributed by atoms with E-state index < -0.39 is 0 Å². The Balaban J connectivity index is 3.17. The number of allylic oxidation sites excluding steroid dienone is 1. The monoisotopic (exact) mass is 244 g/mol. The third-order valence-electron chi connectivity index (χ3n) is 3.55. The Bertz CT molecular complexity index is 478. The summed E-state index contributed by atoms with van der Waals surface area (Å²) < 4.78 is 0. The summed E-state index contributed by atoms with van der Waals surface area (Å²) in [5, 5.41) is 0. The van der Waals surface area contributed by atoms with Crippen molar-refractivity contribution in [2.45, 2.75) is 46.6 Å². The number of amidine groups is 1. The first-order chi connectivity index (χ1) is 8.25. The van der Waals surface area contributed by atoms with E-state index in [1.165, 1.54) is 22.3 Å². The normalized spacial score (nSPS) is 12.6. The lowest BCUT2D eigenvalue weighted by Gasteiger charge is -2.28. The van der Waals surface area contributed by atoms with Crippen LogP contribution in [0, 0.1) is 6.92 Å². The van der Waals surface area contributed by atoms with Crippen LogP contribution in [0.25, 0.3) is 0 Å². The van der Waals surface area contributed by atoms with E-state index in [1.807, 2.05) is 6.92 Å². The van der Waals surface area contributed by atoms with Crippen LogP contribution in [0.1, 0.15) is 44.4 Å². The Labute approximate surface area is 111 Å². The SMILES string of the molecule is C=C(C)C(C)(C)c1cc(CN=C(C)N)ccc1C. The zero-order valence-electron chi connectivity index (χ0n) is 12.2. The lowest BCUT2D eigenvalue weighted by molar-refractivity contribution is 0.620. The molecule has 0 amide bonds. The molecule has 0 aliphatic carbocycles. The van der Waals surface area contributed by atoms with E-state index in [-0.39, 0.29) is 5.41 Å². The summed E-state index contributed by atoms with van der Waals surface area (Å²) in [5.74, 6) is 0.622. The van der Waals surface area contributed by atoms with E-state index in [4.69, 9.17) is 5.73 Å². The van der Waals surface area contributed by atoms with Crippen LogP contribution in [0.4, 0.5) is 0 Å². The first kappa shape index (κ1) is 14.5. The molecular formula is C16H24N2. The first-order valence-corrected chi connectivity index (χ1v) is 6.27. The predicted octanol–water partition coefficient (Wildman–Crippen LogP) is 3.73. The van der Waals surface area contributed by atoms with Gasteiger partial charge in [0.2, 0.25) is 0 Å². The Morgan fingerprint density at radius 1 is 1.33 bits per heavy atom. The minimum absolute atomic E-state index is 0.0123. The molecule has 0 aliphatic rings. The molecule has 1 aromatic rings. The van der Waals surface area contributed by atoms with Crippen molar-refractivity contribution in [3.8, 4) is 0 Å². The predicted molar refractivity (Wildman–Crippen MR) is 80.0 cm³/mol. The molecule has 1 aromatic carbocycles. The molecule has 2 nitrogen and oxygen atoms in total. The summed E-state index contributed by atoms with van der Waals surface area (Å²) in [4.78, 5) is 4.26. The summed E-state index contributed by atoms with van der Waals surface area (Å²) >= 11 is 0. The quantitative estimate of drug-likeness (QED) is 0.489. The van der Waals surface area contributed by atoms with Gasteiger partial charge in [0.15, 0.2) is 0 Å². The van der Waals surface area contributed by atoms with Crippen LogP contribution in [0.5, 0.6) is 0 Å². The molecule has 1 rings (SSSR count). The molecule has 0 aromatic heterocycles. The van der Waals surface area contributed by atoms with E-state index in [9.17, 15) is 0 Å². The van der Waals surface area contributed by atoms with Crippen LogP contribution in [-0.4, -0.2) is 5.84 Å². The van der Waals surface area contributed by atoms with Crippen molar-refractivity contribution in [2.24, 2.45) is 10.7 Å². The molecular weight excluding hydrogens is 220 g/mol. The molecule has 0 spiro atoms. The van der Waals surface area contributed by atoms with E-state index in [2.05, 4.69) is 57.5 Å². The maximum absolute atomic E-state index is 5.58. The van der Waals surface area contributed by atoms with Crippen molar-refractivity contribution in [3.05, 3.63) is 47.0 Å². The van der Waals surface area contributed by atoms with Gasteiger partial charge in [0.1, 0.15) is 0 Å². The molecule has 0 radical (unpaired) electrons. The fraction of sp³-hybridized carbons (Fsp3) is 0.438. The smallest absolute Gasteiger partial charge is 0.0909 e. The minimum atomic E-state index is -0.0123. The largest absolute Gasteiger partial charge is 0.388 e. The molecule has 2 N–H and O–H groups in total. The van der Waals surface area contributed by atoms with Gasteiger partial charge in [-0.25, -0.2) is 0 Å². The van der Waals surface area contributed by atoms with Crippen LogP contribution >= 0.6 is 0 Å². The Kier molecular flexibility index (Phi) is 4.33. The van der Waals surface area contributed by atoms with Gasteiger partial charge in [-0.05, 0) is 37.5 Å². The van der Waals surface area contributed by atoms with Gasteiger partial charge in [-0.15, -0.1) is 0 Å². The summed E-state index contributed by atoms with van der Waals surface area (Å²) in [6.07, 6.45) is 0. The lowest BCUT2D eigenvalue weighted by atomic mass is 9.76. The maximum Gasteiger partial charge on any atom is 0.0909 e. The standard InChI is InChI=1S/C16H24N2/c1-11(2)16(5,6)15-9-14(8-7-12(15)3)10-18-13(4)17/h7-9H,1,10H2,2-6H3,(H2,17,18). The molecule has 2 heteroatoms. The fourth-order valence-electron chi connectivity index (χ4n) is 1.89. The molecule has 0 unspecified atom stereocenters. The van der Waals surface area contributed by atoms with Gasteiger partial charge in [0.05, 0.1) is 12.4 Å². The van der Waals surface area contributed by atoms with Gasteiger partial charge in [-0.2, -0.15) is 0 Å². The molecule has 18 heavy (non-hydrogen) atoms. The van der Waals surface area contributed by atoms with Gasteiger partial charge in [0, 0.05) is 5.41 Å². The number of benzene rings is 1. The fourth-order valence-corrected chi connectivity index (χ4v) is 1.89. The second-order valence-corrected chi connectivity index (χ2v) is 5.51. The van der Waals surface area contributed by atoms with E-state index in [1.54, 1.807) is 0 Å². The van der Waals surface area contributed by atoms with Crippen molar-refractivity contribution in [1.29, 1.82) is 0 Å². The van der Waals surface area contributed by atoms with Crippen molar-refractivity contribution in [1.82, 2.24) is 0 Å². The van der Waals surface area contributed by atoms with E-state index in [0.717, 1.165) is 0 Å². The Morgan fingerprint density at radius 2 is 1.94 bits per heavy atom. The van der Waals surface area contributed by atoms with Gasteiger partial charge < -0.3 is 5.73 Å². The first-order valence-electron chi connectivity index (χ1n) is 6.27. The average molecular weight is 244 g/mol. The number of hydrogen-bond donors (Lipinski definition) is 1. The highest BCUT2D eigenvalue weighted by Crippen LogP contribution is 2.33. The summed E-state index contributed by atoms with van der Waals surface area (Å²) in [6, 6.07) is 6.48. The maximum atomic E-state index is 5.58. The van der Waals surface area contributed by atoms with Gasteiger partial charge in [-0.1, -0.05) is 44.2 Å². The molecule has 0 saturated heterocycles. The molecule has 0 aliphatic heterocycles. The van der Waals surface area contributed by atoms with E-state index >= 15 is 0 Å². The summed E-state index contributed by atoms with van der Waals surface area (Å²) in [7, 11) is 0. The van der Waals surface area contributed by atoms with Crippen LogP contribution in [0.15, 0.2) is 35.3 Å². The van der Waals surface area contributed by atoms with Crippen molar-refractivity contribution in [3.63, 3.8) is 0 Å². The van der Waals surface area contributed by atoms with Crippen molar-refractivity contribution < 1.29 is 0 Å². The van der Waals surface area contributed by atoms with Gasteiger partial charge in [0.25, 0.3) is 0 Å². The van der Waals surface area contributed by atoms with Crippen LogP contribution in [0.3, 0.4) is 0 Å². The highest BCUT2D eigenvalue weighted by atomic mass is 14.8. The van der Waals surface area contributed by atoms with Crippen LogP contribution in [0.2, 0.25) is 0 Å². The van der Waals surface area contributed by atoms with Crippen LogP contribution < -0.4 is 5.73 Å². The van der Waals surface area contributed by atoms with Gasteiger partial charge >= 0.3 is 0 Å². The van der Waals surface area contributed by atoms with E-state index in [0.29, 0.717) is 12.4 Å². The molecule has 0 atom stereocenters. The molecule has 0 bridgehead atoms. The third kappa shape index (κ3) is 3.22. The van der Waals surface area contributed by atoms with Gasteiger partial charge in [-0.3, -0.25) is 4.99 Å². The molecule has 98 valence electrons. The van der Waals surface area contributed by atoms with Crippen LogP contribution in [-0.2, 0) is 12.0 Å². The number of hydrogen-bond acceptors (Lipinski definition) is 1. The Morgan fingerprint density at radius 3 is 2.44 bits per heavy atom. The summed E-state index contributed by atoms with van der Waals surface area (Å²) in [6.45, 7) is 15.2. The highest BCUT2D eigenvalue weighted by Gasteiger charge is 2.23. The molecule has 0 heterocycles. The average Bonchev–Trinajstić information content (AvgIpc) is 2.27. The Hall–Kier alpha value is -1.57. The highest BCUT2D eigenvalue weighted by molar-refractivity contribution is 5.77. The number of nitrogens with zero attached hydrogens (tertiary/aromatic N) is 1. The lowest BCUT2D eigenvalue weighted by Crippen LogP contribution is -2.19. The van der Waals surface area contributed by atoms with Crippen molar-refractivity contribution in [2.75, 3.05) is 0 Å². The summed E-state index contributed by atoms with van der Waals surface area (Å²) in [5.41, 5.74) is 10.5. The topological polar surface area (TPSA) is 38.4 Å². The number of nitrogens with two attached hydrogens (primary N) is 1. The second-order valence-electron chi connectivity index (χ2n) is 5.51. The number of aryl methyl sites for hydroxylation is 1. The zero-order chi connectivity index (χ0) is 13.9. The second kappa shape index (κ2) is 5.38. The zero-order valence-corrected chi connectivity index (χ0v) is 12.2.